The van der Waals surface area contributed by atoms with Crippen LogP contribution in [0.1, 0.15) is 75.1 Å². The molecule has 0 aromatic heterocycles. The van der Waals surface area contributed by atoms with Crippen LogP contribution in [0.2, 0.25) is 5.02 Å². The Kier molecular flexibility index (Phi) is 6.11. The van der Waals surface area contributed by atoms with Crippen LogP contribution in [0.15, 0.2) is 42.5 Å². The highest BCUT2D eigenvalue weighted by atomic mass is 35.5. The van der Waals surface area contributed by atoms with Crippen molar-refractivity contribution in [3.63, 3.8) is 0 Å². The van der Waals surface area contributed by atoms with Gasteiger partial charge in [0.05, 0.1) is 6.04 Å². The number of likely N-dealkylation sites (tertiary alicyclic amines) is 1. The molecule has 1 fully saturated rings. The van der Waals surface area contributed by atoms with Gasteiger partial charge in [0.2, 0.25) is 0 Å². The molecule has 144 valence electrons. The third-order valence-electron chi connectivity index (χ3n) is 5.38. The van der Waals surface area contributed by atoms with E-state index in [1.54, 1.807) is 0 Å². The van der Waals surface area contributed by atoms with Crippen LogP contribution in [-0.4, -0.2) is 17.5 Å². The summed E-state index contributed by atoms with van der Waals surface area (Å²) in [6, 6.07) is 14.2. The second kappa shape index (κ2) is 8.35. The molecule has 1 aliphatic heterocycles. The second-order valence-corrected chi connectivity index (χ2v) is 8.33. The Morgan fingerprint density at radius 2 is 1.67 bits per heavy atom. The van der Waals surface area contributed by atoms with Gasteiger partial charge < -0.3 is 10.2 Å². The van der Waals surface area contributed by atoms with Gasteiger partial charge in [-0.3, -0.25) is 0 Å². The van der Waals surface area contributed by atoms with Crippen molar-refractivity contribution in [3.05, 3.63) is 64.2 Å². The number of hydrogen-bond donors (Lipinski definition) is 1. The van der Waals surface area contributed by atoms with Crippen LogP contribution < -0.4 is 5.32 Å². The number of anilines is 1. The van der Waals surface area contributed by atoms with Gasteiger partial charge in [-0.15, -0.1) is 0 Å². The van der Waals surface area contributed by atoms with E-state index in [-0.39, 0.29) is 12.1 Å². The van der Waals surface area contributed by atoms with Gasteiger partial charge in [0.15, 0.2) is 0 Å². The molecule has 1 atom stereocenters. The quantitative estimate of drug-likeness (QED) is 0.607. The van der Waals surface area contributed by atoms with Crippen molar-refractivity contribution in [3.8, 4) is 0 Å². The zero-order valence-corrected chi connectivity index (χ0v) is 17.4. The average molecular weight is 385 g/mol. The Morgan fingerprint density at radius 3 is 2.26 bits per heavy atom. The van der Waals surface area contributed by atoms with Crippen molar-refractivity contribution in [2.24, 2.45) is 0 Å². The Bertz CT molecular complexity index is 790. The fourth-order valence-electron chi connectivity index (χ4n) is 3.95. The molecular weight excluding hydrogens is 356 g/mol. The summed E-state index contributed by atoms with van der Waals surface area (Å²) in [5.41, 5.74) is 4.37. The van der Waals surface area contributed by atoms with Crippen LogP contribution >= 0.6 is 11.6 Å². The number of halogens is 1. The maximum atomic E-state index is 13.2. The minimum atomic E-state index is -0.0348. The van der Waals surface area contributed by atoms with E-state index in [1.165, 1.54) is 11.1 Å². The fraction of sp³-hybridized carbons (Fsp3) is 0.435. The molecule has 1 N–H and O–H groups in total. The first-order valence-electron chi connectivity index (χ1n) is 9.85. The third-order valence-corrected chi connectivity index (χ3v) is 5.73. The molecule has 0 saturated carbocycles. The standard InChI is InChI=1S/C23H29ClN2O/c1-15(2)17-10-7-11-18(16(3)4)22(17)25-23(27)26-14-8-13-21(26)19-9-5-6-12-20(19)24/h5-7,9-12,15-16,21H,8,13-14H2,1-4H3,(H,25,27). The maximum absolute atomic E-state index is 13.2. The first kappa shape index (κ1) is 19.8. The van der Waals surface area contributed by atoms with E-state index >= 15 is 0 Å². The number of rotatable bonds is 4. The molecule has 0 radical (unpaired) electrons. The number of amides is 2. The van der Waals surface area contributed by atoms with Crippen molar-refractivity contribution >= 4 is 23.3 Å². The van der Waals surface area contributed by atoms with Crippen LogP contribution in [-0.2, 0) is 0 Å². The van der Waals surface area contributed by atoms with Crippen LogP contribution in [0.3, 0.4) is 0 Å². The SMILES string of the molecule is CC(C)c1cccc(C(C)C)c1NC(=O)N1CCCC1c1ccccc1Cl. The van der Waals surface area contributed by atoms with E-state index in [2.05, 4.69) is 51.2 Å². The molecule has 0 bridgehead atoms. The first-order chi connectivity index (χ1) is 12.9. The molecule has 3 nitrogen and oxygen atoms in total. The summed E-state index contributed by atoms with van der Waals surface area (Å²) in [4.78, 5) is 15.2. The van der Waals surface area contributed by atoms with Crippen LogP contribution in [0.5, 0.6) is 0 Å². The highest BCUT2D eigenvalue weighted by Crippen LogP contribution is 2.37. The molecule has 2 aromatic rings. The molecule has 0 spiro atoms. The number of para-hydroxylation sites is 1. The van der Waals surface area contributed by atoms with E-state index in [1.807, 2.05) is 29.2 Å². The van der Waals surface area contributed by atoms with Crippen molar-refractivity contribution in [2.45, 2.75) is 58.4 Å². The summed E-state index contributed by atoms with van der Waals surface area (Å²) < 4.78 is 0. The monoisotopic (exact) mass is 384 g/mol. The molecule has 4 heteroatoms. The summed E-state index contributed by atoms with van der Waals surface area (Å²) in [7, 11) is 0. The number of carbonyl (C=O) groups excluding carboxylic acids is 1. The van der Waals surface area contributed by atoms with Crippen molar-refractivity contribution in [1.82, 2.24) is 4.90 Å². The average Bonchev–Trinajstić information content (AvgIpc) is 3.11. The summed E-state index contributed by atoms with van der Waals surface area (Å²) >= 11 is 6.41. The topological polar surface area (TPSA) is 32.3 Å². The molecule has 2 aromatic carbocycles. The van der Waals surface area contributed by atoms with Gasteiger partial charge in [-0.2, -0.15) is 0 Å². The van der Waals surface area contributed by atoms with Crippen LogP contribution in [0.25, 0.3) is 0 Å². The van der Waals surface area contributed by atoms with Gasteiger partial charge in [0.25, 0.3) is 0 Å². The predicted octanol–water partition coefficient (Wildman–Crippen LogP) is 6.96. The van der Waals surface area contributed by atoms with Crippen molar-refractivity contribution in [2.75, 3.05) is 11.9 Å². The number of nitrogens with one attached hydrogen (secondary N) is 1. The summed E-state index contributed by atoms with van der Waals surface area (Å²) in [6.07, 6.45) is 1.94. The molecular formula is C23H29ClN2O. The number of carbonyl (C=O) groups is 1. The highest BCUT2D eigenvalue weighted by molar-refractivity contribution is 6.31. The third kappa shape index (κ3) is 4.14. The van der Waals surface area contributed by atoms with Gasteiger partial charge in [0.1, 0.15) is 0 Å². The van der Waals surface area contributed by atoms with E-state index in [9.17, 15) is 4.79 Å². The van der Waals surface area contributed by atoms with Gasteiger partial charge in [-0.1, -0.05) is 75.7 Å². The van der Waals surface area contributed by atoms with Crippen molar-refractivity contribution < 1.29 is 4.79 Å². The van der Waals surface area contributed by atoms with E-state index in [0.717, 1.165) is 35.7 Å². The second-order valence-electron chi connectivity index (χ2n) is 7.92. The Morgan fingerprint density at radius 1 is 1.04 bits per heavy atom. The van der Waals surface area contributed by atoms with Gasteiger partial charge in [-0.25, -0.2) is 4.79 Å². The minimum absolute atomic E-state index is 0.0346. The lowest BCUT2D eigenvalue weighted by Crippen LogP contribution is -2.35. The van der Waals surface area contributed by atoms with Crippen LogP contribution in [0, 0.1) is 0 Å². The fourth-order valence-corrected chi connectivity index (χ4v) is 4.21. The Hall–Kier alpha value is -2.00. The van der Waals surface area contributed by atoms with Crippen molar-refractivity contribution in [1.29, 1.82) is 0 Å². The van der Waals surface area contributed by atoms with Crippen LogP contribution in [0.4, 0.5) is 10.5 Å². The number of hydrogen-bond acceptors (Lipinski definition) is 1. The van der Waals surface area contributed by atoms with E-state index in [0.29, 0.717) is 11.8 Å². The predicted molar refractivity (Wildman–Crippen MR) is 114 cm³/mol. The number of benzene rings is 2. The summed E-state index contributed by atoms with van der Waals surface area (Å²) in [5.74, 6) is 0.689. The Labute approximate surface area is 167 Å². The van der Waals surface area contributed by atoms with Gasteiger partial charge in [-0.05, 0) is 47.4 Å². The maximum Gasteiger partial charge on any atom is 0.322 e. The van der Waals surface area contributed by atoms with Gasteiger partial charge >= 0.3 is 6.03 Å². The molecule has 0 aliphatic carbocycles. The molecule has 1 unspecified atom stereocenters. The zero-order chi connectivity index (χ0) is 19.6. The zero-order valence-electron chi connectivity index (χ0n) is 16.6. The Balaban J connectivity index is 1.90. The molecule has 2 amide bonds. The van der Waals surface area contributed by atoms with E-state index < -0.39 is 0 Å². The van der Waals surface area contributed by atoms with E-state index in [4.69, 9.17) is 11.6 Å². The lowest BCUT2D eigenvalue weighted by atomic mass is 9.92. The lowest BCUT2D eigenvalue weighted by molar-refractivity contribution is 0.207. The molecule has 3 rings (SSSR count). The van der Waals surface area contributed by atoms with Gasteiger partial charge in [0, 0.05) is 17.3 Å². The molecule has 1 saturated heterocycles. The number of nitrogens with zero attached hydrogens (tertiary/aromatic N) is 1. The molecule has 1 aliphatic rings. The number of urea groups is 1. The normalized spacial score (nSPS) is 17.0. The first-order valence-corrected chi connectivity index (χ1v) is 10.2. The summed E-state index contributed by atoms with van der Waals surface area (Å²) in [5, 5.41) is 3.98. The molecule has 27 heavy (non-hydrogen) atoms. The highest BCUT2D eigenvalue weighted by Gasteiger charge is 2.32. The largest absolute Gasteiger partial charge is 0.322 e. The lowest BCUT2D eigenvalue weighted by Gasteiger charge is -2.28. The smallest absolute Gasteiger partial charge is 0.317 e. The summed E-state index contributed by atoms with van der Waals surface area (Å²) in [6.45, 7) is 9.41. The minimum Gasteiger partial charge on any atom is -0.317 e. The molecule has 1 heterocycles.